The molecule has 2 aromatic heterocycles. The minimum atomic E-state index is -4.60. The van der Waals surface area contributed by atoms with Crippen LogP contribution in [-0.4, -0.2) is 0 Å². The van der Waals surface area contributed by atoms with Crippen molar-refractivity contribution in [2.75, 3.05) is 9.80 Å². The molecule has 1 spiro atoms. The van der Waals surface area contributed by atoms with Crippen LogP contribution in [0.25, 0.3) is 51.5 Å². The SMILES string of the molecule is Cc1cccc2c1sc1c(N(c3cccc(C(F)(F)F)c3)c3ccc4c(c3)C3(c5cc(N(c6cccc(C(F)(F)F)c6)c6cccc7c6sc6c(C)cccc67)ccc5-4)c4ccccc4C(C)(C)c4ccccc43)cccc12. The molecule has 0 saturated heterocycles. The van der Waals surface area contributed by atoms with Crippen LogP contribution in [0.5, 0.6) is 0 Å². The number of aryl methyl sites for hydroxylation is 2. The molecule has 0 amide bonds. The fraction of sp³-hybridized carbons (Fsp3) is 0.118. The van der Waals surface area contributed by atoms with E-state index in [9.17, 15) is 26.3 Å². The first-order valence-corrected chi connectivity index (χ1v) is 27.4. The van der Waals surface area contributed by atoms with Gasteiger partial charge in [0.2, 0.25) is 0 Å². The summed E-state index contributed by atoms with van der Waals surface area (Å²) in [5, 5.41) is 4.18. The molecule has 0 saturated carbocycles. The Hall–Kier alpha value is -8.18. The second kappa shape index (κ2) is 17.2. The van der Waals surface area contributed by atoms with Crippen molar-refractivity contribution in [3.63, 3.8) is 0 Å². The first-order chi connectivity index (χ1) is 37.5. The molecule has 12 aromatic rings. The van der Waals surface area contributed by atoms with Crippen molar-refractivity contribution in [1.82, 2.24) is 0 Å². The first-order valence-electron chi connectivity index (χ1n) is 25.8. The third kappa shape index (κ3) is 7.01. The van der Waals surface area contributed by atoms with Crippen LogP contribution >= 0.6 is 22.7 Å². The van der Waals surface area contributed by atoms with Gasteiger partial charge >= 0.3 is 12.4 Å². The molecule has 0 bridgehead atoms. The highest BCUT2D eigenvalue weighted by atomic mass is 32.1. The second-order valence-electron chi connectivity index (χ2n) is 21.1. The van der Waals surface area contributed by atoms with Gasteiger partial charge in [0.15, 0.2) is 0 Å². The summed E-state index contributed by atoms with van der Waals surface area (Å²) in [6.07, 6.45) is -9.20. The number of fused-ring (bicyclic) bond motifs is 15. The van der Waals surface area contributed by atoms with Gasteiger partial charge in [0.1, 0.15) is 0 Å². The Bertz CT molecular complexity index is 4180. The summed E-state index contributed by atoms with van der Waals surface area (Å²) in [6.45, 7) is 8.64. The molecule has 2 aliphatic carbocycles. The fourth-order valence-electron chi connectivity index (χ4n) is 12.9. The molecular formula is C68H46F6N2S2. The molecule has 10 aromatic carbocycles. The molecular weight excluding hydrogens is 1020 g/mol. The van der Waals surface area contributed by atoms with Crippen LogP contribution in [0.15, 0.2) is 206 Å². The average Bonchev–Trinajstić information content (AvgIpc) is 3.23. The van der Waals surface area contributed by atoms with Crippen molar-refractivity contribution in [3.8, 4) is 11.1 Å². The number of halogens is 6. The summed E-state index contributed by atoms with van der Waals surface area (Å²) in [7, 11) is 0. The van der Waals surface area contributed by atoms with Crippen molar-refractivity contribution >= 4 is 97.1 Å². The number of nitrogens with zero attached hydrogens (tertiary/aromatic N) is 2. The fourth-order valence-corrected chi connectivity index (χ4v) is 15.4. The van der Waals surface area contributed by atoms with Gasteiger partial charge in [-0.1, -0.05) is 147 Å². The molecule has 0 N–H and O–H groups in total. The van der Waals surface area contributed by atoms with E-state index in [0.29, 0.717) is 22.7 Å². The molecule has 0 aliphatic heterocycles. The Morgan fingerprint density at radius 3 is 1.12 bits per heavy atom. The minimum absolute atomic E-state index is 0.353. The number of hydrogen-bond donors (Lipinski definition) is 0. The first kappa shape index (κ1) is 48.2. The number of alkyl halides is 6. The van der Waals surface area contributed by atoms with Crippen LogP contribution in [-0.2, 0) is 23.2 Å². The van der Waals surface area contributed by atoms with E-state index in [4.69, 9.17) is 0 Å². The van der Waals surface area contributed by atoms with Crippen LogP contribution < -0.4 is 9.80 Å². The smallest absolute Gasteiger partial charge is 0.309 e. The monoisotopic (exact) mass is 1070 g/mol. The van der Waals surface area contributed by atoms with Crippen molar-refractivity contribution < 1.29 is 26.3 Å². The van der Waals surface area contributed by atoms with Gasteiger partial charge in [-0.25, -0.2) is 0 Å². The van der Waals surface area contributed by atoms with E-state index < -0.39 is 34.3 Å². The Kier molecular flexibility index (Phi) is 10.6. The zero-order chi connectivity index (χ0) is 53.6. The molecule has 2 heterocycles. The zero-order valence-corrected chi connectivity index (χ0v) is 44.2. The number of rotatable bonds is 6. The van der Waals surface area contributed by atoms with E-state index in [1.54, 1.807) is 34.8 Å². The lowest BCUT2D eigenvalue weighted by Crippen LogP contribution is -2.40. The van der Waals surface area contributed by atoms with Crippen LogP contribution in [0.1, 0.15) is 69.5 Å². The third-order valence-electron chi connectivity index (χ3n) is 16.4. The Morgan fingerprint density at radius 1 is 0.346 bits per heavy atom. The summed E-state index contributed by atoms with van der Waals surface area (Å²) in [4.78, 5) is 3.94. The van der Waals surface area contributed by atoms with E-state index in [-0.39, 0.29) is 0 Å². The summed E-state index contributed by atoms with van der Waals surface area (Å²) < 4.78 is 93.1. The maximum Gasteiger partial charge on any atom is 0.416 e. The summed E-state index contributed by atoms with van der Waals surface area (Å²) in [5.74, 6) is 0. The average molecular weight is 1070 g/mol. The van der Waals surface area contributed by atoms with Gasteiger partial charge in [-0.05, 0) is 142 Å². The van der Waals surface area contributed by atoms with E-state index >= 15 is 0 Å². The van der Waals surface area contributed by atoms with Crippen LogP contribution in [0, 0.1) is 13.8 Å². The Morgan fingerprint density at radius 2 is 0.705 bits per heavy atom. The van der Waals surface area contributed by atoms with Crippen LogP contribution in [0.2, 0.25) is 0 Å². The van der Waals surface area contributed by atoms with Gasteiger partial charge in [0, 0.05) is 59.1 Å². The van der Waals surface area contributed by atoms with Gasteiger partial charge in [0.25, 0.3) is 0 Å². The summed E-state index contributed by atoms with van der Waals surface area (Å²) in [5.41, 5.74) is 10.8. The lowest BCUT2D eigenvalue weighted by Gasteiger charge is -2.47. The normalized spacial score (nSPS) is 14.2. The van der Waals surface area contributed by atoms with Gasteiger partial charge < -0.3 is 9.80 Å². The van der Waals surface area contributed by atoms with E-state index in [1.807, 2.05) is 58.3 Å². The highest BCUT2D eigenvalue weighted by Gasteiger charge is 2.54. The number of benzene rings is 10. The van der Waals surface area contributed by atoms with Crippen molar-refractivity contribution in [2.24, 2.45) is 0 Å². The van der Waals surface area contributed by atoms with Crippen molar-refractivity contribution in [1.29, 1.82) is 0 Å². The largest absolute Gasteiger partial charge is 0.416 e. The summed E-state index contributed by atoms with van der Waals surface area (Å²) >= 11 is 3.27. The van der Waals surface area contributed by atoms with Gasteiger partial charge in [0.05, 0.1) is 37.3 Å². The molecule has 14 rings (SSSR count). The maximum absolute atomic E-state index is 14.8. The zero-order valence-electron chi connectivity index (χ0n) is 42.6. The maximum atomic E-state index is 14.8. The Labute approximate surface area is 454 Å². The molecule has 78 heavy (non-hydrogen) atoms. The predicted molar refractivity (Wildman–Crippen MR) is 310 cm³/mol. The third-order valence-corrected chi connectivity index (χ3v) is 19.1. The van der Waals surface area contributed by atoms with Crippen molar-refractivity contribution in [2.45, 2.75) is 50.9 Å². The molecule has 0 radical (unpaired) electrons. The van der Waals surface area contributed by atoms with E-state index in [2.05, 4.69) is 137 Å². The molecule has 2 aliphatic rings. The Balaban J connectivity index is 1.07. The minimum Gasteiger partial charge on any atom is -0.309 e. The van der Waals surface area contributed by atoms with E-state index in [1.165, 1.54) is 24.3 Å². The lowest BCUT2D eigenvalue weighted by molar-refractivity contribution is -0.138. The highest BCUT2D eigenvalue weighted by Crippen LogP contribution is 2.64. The van der Waals surface area contributed by atoms with Crippen LogP contribution in [0.4, 0.5) is 60.5 Å². The molecule has 0 atom stereocenters. The van der Waals surface area contributed by atoms with Gasteiger partial charge in [-0.3, -0.25) is 0 Å². The standard InChI is InChI=1S/C68H46F6N2S2/c1-39-15-9-21-49-51-23-13-29-59(63(51)77-61(39)49)75(43-19-11-17-41(35-43)67(69,70)71)45-31-33-47-48-34-32-46(38-58(48)66(57(47)37-45)55-27-7-5-25-53(55)65(3,4)54-26-6-8-28-56(54)66)76(44-20-12-18-42(36-44)68(72,73)74)60-30-14-24-52-50-22-10-16-40(2)62(50)78-64(52)60/h5-38H,1-4H3. The number of anilines is 6. The van der Waals surface area contributed by atoms with E-state index in [0.717, 1.165) is 119 Å². The molecule has 2 nitrogen and oxygen atoms in total. The molecule has 0 unspecified atom stereocenters. The highest BCUT2D eigenvalue weighted by molar-refractivity contribution is 7.27. The van der Waals surface area contributed by atoms with Gasteiger partial charge in [-0.15, -0.1) is 22.7 Å². The molecule has 10 heteroatoms. The van der Waals surface area contributed by atoms with Crippen molar-refractivity contribution in [3.05, 3.63) is 262 Å². The van der Waals surface area contributed by atoms with Gasteiger partial charge in [-0.2, -0.15) is 26.3 Å². The second-order valence-corrected chi connectivity index (χ2v) is 23.1. The quantitative estimate of drug-likeness (QED) is 0.153. The molecule has 382 valence electrons. The lowest BCUT2D eigenvalue weighted by atomic mass is 9.55. The van der Waals surface area contributed by atoms with Crippen LogP contribution in [0.3, 0.4) is 0 Å². The summed E-state index contributed by atoms with van der Waals surface area (Å²) in [6, 6.07) is 65.2. The number of thiophene rings is 2. The predicted octanol–water partition coefficient (Wildman–Crippen LogP) is 21.0. The number of hydrogen-bond acceptors (Lipinski definition) is 4. The molecule has 0 fully saturated rings. The topological polar surface area (TPSA) is 6.48 Å².